The first-order valence-corrected chi connectivity index (χ1v) is 6.32. The molecule has 4 N–H and O–H groups in total. The number of hydrogen-bond donors (Lipinski definition) is 3. The lowest BCUT2D eigenvalue weighted by molar-refractivity contribution is 0.315. The Morgan fingerprint density at radius 2 is 2.17 bits per heavy atom. The molecule has 2 rings (SSSR count). The molecule has 1 fully saturated rings. The van der Waals surface area contributed by atoms with Crippen LogP contribution in [0.5, 0.6) is 0 Å². The molecule has 0 amide bonds. The third-order valence-electron chi connectivity index (χ3n) is 3.68. The van der Waals surface area contributed by atoms with E-state index in [9.17, 15) is 0 Å². The SMILES string of the molecule is Cc1ccc(NCC2(CC(N)=NO)CC2)c(C)c1. The number of nitrogens with one attached hydrogen (secondary N) is 1. The summed E-state index contributed by atoms with van der Waals surface area (Å²) in [6.07, 6.45) is 2.95. The molecule has 98 valence electrons. The van der Waals surface area contributed by atoms with Gasteiger partial charge in [-0.15, -0.1) is 0 Å². The van der Waals surface area contributed by atoms with Crippen molar-refractivity contribution in [3.05, 3.63) is 29.3 Å². The Labute approximate surface area is 108 Å². The fourth-order valence-electron chi connectivity index (χ4n) is 2.31. The smallest absolute Gasteiger partial charge is 0.139 e. The van der Waals surface area contributed by atoms with E-state index in [1.54, 1.807) is 0 Å². The van der Waals surface area contributed by atoms with E-state index < -0.39 is 0 Å². The van der Waals surface area contributed by atoms with Crippen molar-refractivity contribution >= 4 is 11.5 Å². The molecule has 1 aromatic rings. The summed E-state index contributed by atoms with van der Waals surface area (Å²) in [6, 6.07) is 6.40. The van der Waals surface area contributed by atoms with Crippen molar-refractivity contribution < 1.29 is 5.21 Å². The van der Waals surface area contributed by atoms with Crippen LogP contribution in [0.2, 0.25) is 0 Å². The van der Waals surface area contributed by atoms with Crippen molar-refractivity contribution in [3.63, 3.8) is 0 Å². The van der Waals surface area contributed by atoms with E-state index in [1.165, 1.54) is 16.8 Å². The minimum absolute atomic E-state index is 0.188. The molecule has 0 heterocycles. The van der Waals surface area contributed by atoms with Gasteiger partial charge in [0.15, 0.2) is 0 Å². The van der Waals surface area contributed by atoms with E-state index in [0.717, 1.165) is 19.4 Å². The topological polar surface area (TPSA) is 70.6 Å². The number of aryl methyl sites for hydroxylation is 2. The van der Waals surface area contributed by atoms with E-state index >= 15 is 0 Å². The third-order valence-corrected chi connectivity index (χ3v) is 3.68. The fourth-order valence-corrected chi connectivity index (χ4v) is 2.31. The quantitative estimate of drug-likeness (QED) is 0.324. The van der Waals surface area contributed by atoms with Crippen LogP contribution in [0.4, 0.5) is 5.69 Å². The van der Waals surface area contributed by atoms with E-state index in [1.807, 2.05) is 0 Å². The van der Waals surface area contributed by atoms with Crippen LogP contribution in [0.25, 0.3) is 0 Å². The number of anilines is 1. The predicted octanol–water partition coefficient (Wildman–Crippen LogP) is 2.63. The molecule has 0 saturated heterocycles. The third kappa shape index (κ3) is 2.94. The zero-order chi connectivity index (χ0) is 13.2. The minimum atomic E-state index is 0.188. The predicted molar refractivity (Wildman–Crippen MR) is 74.1 cm³/mol. The molecule has 0 radical (unpaired) electrons. The second kappa shape index (κ2) is 4.88. The fraction of sp³-hybridized carbons (Fsp3) is 0.500. The molecule has 4 nitrogen and oxygen atoms in total. The Balaban J connectivity index is 1.95. The molecule has 1 saturated carbocycles. The average Bonchev–Trinajstić information content (AvgIpc) is 3.08. The number of nitrogens with two attached hydrogens (primary N) is 1. The van der Waals surface area contributed by atoms with Gasteiger partial charge >= 0.3 is 0 Å². The molecule has 1 aliphatic rings. The van der Waals surface area contributed by atoms with Crippen molar-refractivity contribution in [1.29, 1.82) is 0 Å². The Hall–Kier alpha value is -1.71. The van der Waals surface area contributed by atoms with Crippen LogP contribution in [0.3, 0.4) is 0 Å². The first-order chi connectivity index (χ1) is 8.54. The Kier molecular flexibility index (Phi) is 3.45. The Morgan fingerprint density at radius 3 is 2.72 bits per heavy atom. The first-order valence-electron chi connectivity index (χ1n) is 6.32. The number of amidine groups is 1. The van der Waals surface area contributed by atoms with Gasteiger partial charge in [0.2, 0.25) is 0 Å². The maximum atomic E-state index is 8.63. The van der Waals surface area contributed by atoms with Crippen molar-refractivity contribution in [3.8, 4) is 0 Å². The molecular weight excluding hydrogens is 226 g/mol. The summed E-state index contributed by atoms with van der Waals surface area (Å²) in [6.45, 7) is 5.09. The summed E-state index contributed by atoms with van der Waals surface area (Å²) in [7, 11) is 0. The number of hydrogen-bond acceptors (Lipinski definition) is 3. The molecule has 0 spiro atoms. The van der Waals surface area contributed by atoms with Crippen LogP contribution in [-0.2, 0) is 0 Å². The summed E-state index contributed by atoms with van der Waals surface area (Å²) in [5, 5.41) is 15.2. The first kappa shape index (κ1) is 12.7. The van der Waals surface area contributed by atoms with Gasteiger partial charge in [-0.2, -0.15) is 0 Å². The molecular formula is C14H21N3O. The Morgan fingerprint density at radius 1 is 1.44 bits per heavy atom. The van der Waals surface area contributed by atoms with Crippen LogP contribution in [0, 0.1) is 19.3 Å². The lowest BCUT2D eigenvalue weighted by Gasteiger charge is -2.17. The summed E-state index contributed by atoms with van der Waals surface area (Å²) in [5.41, 5.74) is 9.48. The van der Waals surface area contributed by atoms with Crippen molar-refractivity contribution in [2.75, 3.05) is 11.9 Å². The molecule has 0 aliphatic heterocycles. The van der Waals surface area contributed by atoms with E-state index in [0.29, 0.717) is 12.3 Å². The Bertz CT molecular complexity index is 464. The van der Waals surface area contributed by atoms with Gasteiger partial charge in [0.1, 0.15) is 5.84 Å². The van der Waals surface area contributed by atoms with Gasteiger partial charge in [-0.25, -0.2) is 0 Å². The number of nitrogens with zero attached hydrogens (tertiary/aromatic N) is 1. The van der Waals surface area contributed by atoms with Gasteiger partial charge < -0.3 is 16.3 Å². The molecule has 18 heavy (non-hydrogen) atoms. The average molecular weight is 247 g/mol. The van der Waals surface area contributed by atoms with Crippen LogP contribution < -0.4 is 11.1 Å². The second-order valence-corrected chi connectivity index (χ2v) is 5.44. The molecule has 0 aromatic heterocycles. The standard InChI is InChI=1S/C14H21N3O/c1-10-3-4-12(11(2)7-10)16-9-14(5-6-14)8-13(15)17-18/h3-4,7,16,18H,5-6,8-9H2,1-2H3,(H2,15,17). The molecule has 0 unspecified atom stereocenters. The van der Waals surface area contributed by atoms with Crippen molar-refractivity contribution in [1.82, 2.24) is 0 Å². The normalized spacial score (nSPS) is 17.6. The summed E-state index contributed by atoms with van der Waals surface area (Å²) >= 11 is 0. The number of rotatable bonds is 5. The van der Waals surface area contributed by atoms with Crippen molar-refractivity contribution in [2.24, 2.45) is 16.3 Å². The highest BCUT2D eigenvalue weighted by Gasteiger charge is 2.43. The van der Waals surface area contributed by atoms with Crippen LogP contribution in [0.15, 0.2) is 23.4 Å². The highest BCUT2D eigenvalue weighted by Crippen LogP contribution is 2.48. The van der Waals surface area contributed by atoms with Gasteiger partial charge in [0, 0.05) is 18.7 Å². The van der Waals surface area contributed by atoms with Gasteiger partial charge in [0.05, 0.1) is 0 Å². The zero-order valence-corrected chi connectivity index (χ0v) is 11.0. The molecule has 0 atom stereocenters. The monoisotopic (exact) mass is 247 g/mol. The van der Waals surface area contributed by atoms with Crippen LogP contribution in [-0.4, -0.2) is 17.6 Å². The van der Waals surface area contributed by atoms with E-state index in [4.69, 9.17) is 10.9 Å². The van der Waals surface area contributed by atoms with E-state index in [2.05, 4.69) is 42.5 Å². The summed E-state index contributed by atoms with van der Waals surface area (Å²) < 4.78 is 0. The number of benzene rings is 1. The highest BCUT2D eigenvalue weighted by atomic mass is 16.4. The second-order valence-electron chi connectivity index (χ2n) is 5.44. The maximum absolute atomic E-state index is 8.63. The largest absolute Gasteiger partial charge is 0.409 e. The lowest BCUT2D eigenvalue weighted by atomic mass is 10.0. The van der Waals surface area contributed by atoms with Crippen LogP contribution in [0.1, 0.15) is 30.4 Å². The minimum Gasteiger partial charge on any atom is -0.409 e. The zero-order valence-electron chi connectivity index (χ0n) is 11.0. The molecule has 1 aliphatic carbocycles. The van der Waals surface area contributed by atoms with Gasteiger partial charge in [-0.1, -0.05) is 22.9 Å². The molecule has 4 heteroatoms. The van der Waals surface area contributed by atoms with Crippen LogP contribution >= 0.6 is 0 Å². The summed E-state index contributed by atoms with van der Waals surface area (Å²) in [5.74, 6) is 0.329. The summed E-state index contributed by atoms with van der Waals surface area (Å²) in [4.78, 5) is 0. The van der Waals surface area contributed by atoms with E-state index in [-0.39, 0.29) is 5.41 Å². The van der Waals surface area contributed by atoms with Gasteiger partial charge in [-0.3, -0.25) is 0 Å². The molecule has 1 aromatic carbocycles. The lowest BCUT2D eigenvalue weighted by Crippen LogP contribution is -2.23. The van der Waals surface area contributed by atoms with Crippen molar-refractivity contribution in [2.45, 2.75) is 33.1 Å². The van der Waals surface area contributed by atoms with Gasteiger partial charge in [-0.05, 0) is 43.7 Å². The van der Waals surface area contributed by atoms with Gasteiger partial charge in [0.25, 0.3) is 0 Å². The molecule has 0 bridgehead atoms. The highest BCUT2D eigenvalue weighted by molar-refractivity contribution is 5.80. The number of oxime groups is 1. The maximum Gasteiger partial charge on any atom is 0.139 e.